The van der Waals surface area contributed by atoms with Crippen LogP contribution in [-0.2, 0) is 13.6 Å². The summed E-state index contributed by atoms with van der Waals surface area (Å²) >= 11 is 1.67. The number of hydrogen-bond acceptors (Lipinski definition) is 5. The minimum atomic E-state index is 0.547. The fraction of sp³-hybridized carbons (Fsp3) is 0.308. The van der Waals surface area contributed by atoms with Crippen molar-refractivity contribution in [2.75, 3.05) is 11.1 Å². The minimum absolute atomic E-state index is 0.547. The summed E-state index contributed by atoms with van der Waals surface area (Å²) in [5.41, 5.74) is 1.53. The van der Waals surface area contributed by atoms with Gasteiger partial charge < -0.3 is 9.88 Å². The van der Waals surface area contributed by atoms with E-state index in [2.05, 4.69) is 28.5 Å². The molecule has 1 aromatic heterocycles. The Kier molecular flexibility index (Phi) is 4.42. The Hall–Kier alpha value is -2.00. The van der Waals surface area contributed by atoms with Crippen molar-refractivity contribution in [2.24, 2.45) is 7.05 Å². The molecule has 0 saturated heterocycles. The van der Waals surface area contributed by atoms with Crippen LogP contribution in [0.4, 0.5) is 5.69 Å². The van der Waals surface area contributed by atoms with Crippen molar-refractivity contribution in [3.05, 3.63) is 35.9 Å². The van der Waals surface area contributed by atoms with Gasteiger partial charge in [-0.15, -0.1) is 22.0 Å². The third-order valence-corrected chi connectivity index (χ3v) is 3.62. The van der Waals surface area contributed by atoms with Crippen LogP contribution >= 0.6 is 11.8 Å². The molecule has 0 atom stereocenters. The first-order valence-electron chi connectivity index (χ1n) is 5.99. The Morgan fingerprint density at radius 3 is 2.95 bits per heavy atom. The van der Waals surface area contributed by atoms with Gasteiger partial charge in [0.2, 0.25) is 0 Å². The normalized spacial score (nSPS) is 10.2. The highest BCUT2D eigenvalue weighted by Crippen LogP contribution is 2.27. The van der Waals surface area contributed by atoms with Crippen LogP contribution in [0.1, 0.15) is 18.3 Å². The van der Waals surface area contributed by atoms with Crippen molar-refractivity contribution < 1.29 is 0 Å². The third-order valence-electron chi connectivity index (χ3n) is 2.68. The predicted octanol–water partition coefficient (Wildman–Crippen LogP) is 2.41. The van der Waals surface area contributed by atoms with Crippen molar-refractivity contribution >= 4 is 17.4 Å². The number of nitriles is 1. The molecule has 2 aromatic rings. The maximum Gasteiger partial charge on any atom is 0.151 e. The number of anilines is 1. The second-order valence-corrected chi connectivity index (χ2v) is 5.24. The first kappa shape index (κ1) is 13.4. The molecule has 0 aliphatic carbocycles. The maximum absolute atomic E-state index is 9.30. The maximum atomic E-state index is 9.30. The smallest absolute Gasteiger partial charge is 0.151 e. The summed E-state index contributed by atoms with van der Waals surface area (Å²) < 4.78 is 1.85. The molecule has 19 heavy (non-hydrogen) atoms. The van der Waals surface area contributed by atoms with E-state index in [9.17, 15) is 5.26 Å². The second-order valence-electron chi connectivity index (χ2n) is 3.94. The average Bonchev–Trinajstić information content (AvgIpc) is 2.82. The van der Waals surface area contributed by atoms with E-state index >= 15 is 0 Å². The van der Waals surface area contributed by atoms with E-state index in [1.807, 2.05) is 29.8 Å². The SMILES string of the molecule is CCSc1cccc(NCc2nncn2C)c1C#N. The summed E-state index contributed by atoms with van der Waals surface area (Å²) in [6.07, 6.45) is 1.66. The van der Waals surface area contributed by atoms with Gasteiger partial charge in [-0.2, -0.15) is 5.26 Å². The fourth-order valence-corrected chi connectivity index (χ4v) is 2.50. The number of benzene rings is 1. The molecule has 98 valence electrons. The molecule has 0 radical (unpaired) electrons. The Morgan fingerprint density at radius 1 is 1.47 bits per heavy atom. The minimum Gasteiger partial charge on any atom is -0.377 e. The highest BCUT2D eigenvalue weighted by molar-refractivity contribution is 7.99. The molecular formula is C13H15N5S. The Balaban J connectivity index is 2.18. The molecule has 0 fully saturated rings. The van der Waals surface area contributed by atoms with E-state index in [0.29, 0.717) is 12.1 Å². The predicted molar refractivity (Wildman–Crippen MR) is 75.9 cm³/mol. The zero-order valence-electron chi connectivity index (χ0n) is 10.9. The van der Waals surface area contributed by atoms with Gasteiger partial charge in [-0.25, -0.2) is 0 Å². The molecular weight excluding hydrogens is 258 g/mol. The standard InChI is InChI=1S/C13H15N5S/c1-3-19-12-6-4-5-11(10(12)7-14)15-8-13-17-16-9-18(13)2/h4-6,9,15H,3,8H2,1-2H3. The van der Waals surface area contributed by atoms with Crippen LogP contribution in [0.2, 0.25) is 0 Å². The lowest BCUT2D eigenvalue weighted by Gasteiger charge is -2.10. The van der Waals surface area contributed by atoms with Gasteiger partial charge in [0.15, 0.2) is 5.82 Å². The number of thioether (sulfide) groups is 1. The average molecular weight is 273 g/mol. The van der Waals surface area contributed by atoms with Gasteiger partial charge in [-0.3, -0.25) is 0 Å². The van der Waals surface area contributed by atoms with Gasteiger partial charge in [0.25, 0.3) is 0 Å². The summed E-state index contributed by atoms with van der Waals surface area (Å²) in [7, 11) is 1.89. The summed E-state index contributed by atoms with van der Waals surface area (Å²) in [6.45, 7) is 2.62. The number of nitrogens with zero attached hydrogens (tertiary/aromatic N) is 4. The third kappa shape index (κ3) is 3.06. The zero-order valence-corrected chi connectivity index (χ0v) is 11.7. The van der Waals surface area contributed by atoms with Crippen molar-refractivity contribution in [3.8, 4) is 6.07 Å². The highest BCUT2D eigenvalue weighted by Gasteiger charge is 2.08. The molecule has 0 amide bonds. The number of aryl methyl sites for hydroxylation is 1. The van der Waals surface area contributed by atoms with Crippen LogP contribution < -0.4 is 5.32 Å². The van der Waals surface area contributed by atoms with Gasteiger partial charge in [0.1, 0.15) is 12.4 Å². The van der Waals surface area contributed by atoms with Gasteiger partial charge in [-0.1, -0.05) is 13.0 Å². The molecule has 1 aromatic carbocycles. The molecule has 0 saturated carbocycles. The van der Waals surface area contributed by atoms with Crippen molar-refractivity contribution in [1.82, 2.24) is 14.8 Å². The van der Waals surface area contributed by atoms with E-state index in [1.54, 1.807) is 18.1 Å². The Labute approximate surface area is 116 Å². The Bertz CT molecular complexity index is 599. The number of hydrogen-bond donors (Lipinski definition) is 1. The summed E-state index contributed by atoms with van der Waals surface area (Å²) in [5, 5.41) is 20.4. The molecule has 0 bridgehead atoms. The van der Waals surface area contributed by atoms with Crippen molar-refractivity contribution in [3.63, 3.8) is 0 Å². The van der Waals surface area contributed by atoms with Crippen LogP contribution in [-0.4, -0.2) is 20.5 Å². The van der Waals surface area contributed by atoms with Crippen LogP contribution in [0.5, 0.6) is 0 Å². The van der Waals surface area contributed by atoms with Crippen LogP contribution in [0, 0.1) is 11.3 Å². The number of nitrogens with one attached hydrogen (secondary N) is 1. The van der Waals surface area contributed by atoms with Crippen LogP contribution in [0.15, 0.2) is 29.4 Å². The highest BCUT2D eigenvalue weighted by atomic mass is 32.2. The zero-order chi connectivity index (χ0) is 13.7. The quantitative estimate of drug-likeness (QED) is 0.847. The fourth-order valence-electron chi connectivity index (χ4n) is 1.71. The molecule has 5 nitrogen and oxygen atoms in total. The molecule has 6 heteroatoms. The van der Waals surface area contributed by atoms with Crippen LogP contribution in [0.25, 0.3) is 0 Å². The van der Waals surface area contributed by atoms with Gasteiger partial charge in [0.05, 0.1) is 17.8 Å². The molecule has 2 rings (SSSR count). The van der Waals surface area contributed by atoms with E-state index in [4.69, 9.17) is 0 Å². The van der Waals surface area contributed by atoms with E-state index in [1.165, 1.54) is 0 Å². The first-order chi connectivity index (χ1) is 9.26. The van der Waals surface area contributed by atoms with Crippen molar-refractivity contribution in [2.45, 2.75) is 18.4 Å². The topological polar surface area (TPSA) is 66.5 Å². The molecule has 0 aliphatic heterocycles. The second kappa shape index (κ2) is 6.25. The molecule has 1 heterocycles. The van der Waals surface area contributed by atoms with E-state index in [0.717, 1.165) is 22.2 Å². The Morgan fingerprint density at radius 2 is 2.32 bits per heavy atom. The molecule has 0 unspecified atom stereocenters. The lowest BCUT2D eigenvalue weighted by Crippen LogP contribution is -2.07. The van der Waals surface area contributed by atoms with Crippen LogP contribution in [0.3, 0.4) is 0 Å². The number of aromatic nitrogens is 3. The first-order valence-corrected chi connectivity index (χ1v) is 6.97. The van der Waals surface area contributed by atoms with E-state index < -0.39 is 0 Å². The van der Waals surface area contributed by atoms with Crippen molar-refractivity contribution in [1.29, 1.82) is 5.26 Å². The largest absolute Gasteiger partial charge is 0.377 e. The monoisotopic (exact) mass is 273 g/mol. The lowest BCUT2D eigenvalue weighted by molar-refractivity contribution is 0.812. The van der Waals surface area contributed by atoms with Gasteiger partial charge in [0, 0.05) is 11.9 Å². The summed E-state index contributed by atoms with van der Waals surface area (Å²) in [5.74, 6) is 1.78. The van der Waals surface area contributed by atoms with Gasteiger partial charge in [-0.05, 0) is 17.9 Å². The summed E-state index contributed by atoms with van der Waals surface area (Å²) in [4.78, 5) is 1.01. The van der Waals surface area contributed by atoms with E-state index in [-0.39, 0.29) is 0 Å². The molecule has 0 aliphatic rings. The summed E-state index contributed by atoms with van der Waals surface area (Å²) in [6, 6.07) is 8.11. The molecule has 0 spiro atoms. The number of rotatable bonds is 5. The molecule has 1 N–H and O–H groups in total. The lowest BCUT2D eigenvalue weighted by atomic mass is 10.2. The van der Waals surface area contributed by atoms with Gasteiger partial charge >= 0.3 is 0 Å².